The van der Waals surface area contributed by atoms with Crippen LogP contribution in [0.3, 0.4) is 0 Å². The Bertz CT molecular complexity index is 136. The summed E-state index contributed by atoms with van der Waals surface area (Å²) < 4.78 is 5.50. The molecular formula is C11H23NO. The van der Waals surface area contributed by atoms with Gasteiger partial charge in [-0.2, -0.15) is 0 Å². The molecule has 0 saturated heterocycles. The maximum absolute atomic E-state index is 5.50. The van der Waals surface area contributed by atoms with Crippen LogP contribution in [0, 0.1) is 5.92 Å². The average Bonchev–Trinajstić information content (AvgIpc) is 2.15. The molecule has 1 aliphatic carbocycles. The van der Waals surface area contributed by atoms with Crippen molar-refractivity contribution in [3.63, 3.8) is 0 Å². The fourth-order valence-electron chi connectivity index (χ4n) is 2.10. The molecule has 0 aromatic heterocycles. The largest absolute Gasteiger partial charge is 0.381 e. The van der Waals surface area contributed by atoms with Crippen LogP contribution in [-0.2, 0) is 4.74 Å². The normalized spacial score (nSPS) is 29.5. The Balaban J connectivity index is 2.27. The van der Waals surface area contributed by atoms with Gasteiger partial charge in [0.1, 0.15) is 0 Å². The third-order valence-electron chi connectivity index (χ3n) is 2.93. The van der Waals surface area contributed by atoms with E-state index in [9.17, 15) is 0 Å². The van der Waals surface area contributed by atoms with Crippen LogP contribution in [0.5, 0.6) is 0 Å². The third kappa shape index (κ3) is 3.65. The molecule has 0 spiro atoms. The SMILES string of the molecule is COC1CCCCC1CNC(C)C. The number of methoxy groups -OCH3 is 1. The smallest absolute Gasteiger partial charge is 0.0611 e. The zero-order valence-electron chi connectivity index (χ0n) is 9.18. The summed E-state index contributed by atoms with van der Waals surface area (Å²) in [6.45, 7) is 5.52. The zero-order chi connectivity index (χ0) is 9.68. The maximum atomic E-state index is 5.50. The minimum Gasteiger partial charge on any atom is -0.381 e. The summed E-state index contributed by atoms with van der Waals surface area (Å²) in [5.41, 5.74) is 0. The van der Waals surface area contributed by atoms with Crippen LogP contribution in [0.25, 0.3) is 0 Å². The Morgan fingerprint density at radius 1 is 1.31 bits per heavy atom. The van der Waals surface area contributed by atoms with Crippen molar-refractivity contribution in [1.29, 1.82) is 0 Å². The Hall–Kier alpha value is -0.0800. The second-order valence-electron chi connectivity index (χ2n) is 4.38. The molecule has 1 N–H and O–H groups in total. The van der Waals surface area contributed by atoms with E-state index < -0.39 is 0 Å². The van der Waals surface area contributed by atoms with E-state index in [-0.39, 0.29) is 0 Å². The van der Waals surface area contributed by atoms with Crippen LogP contribution >= 0.6 is 0 Å². The first-order valence-corrected chi connectivity index (χ1v) is 5.50. The van der Waals surface area contributed by atoms with Crippen molar-refractivity contribution in [2.75, 3.05) is 13.7 Å². The second-order valence-corrected chi connectivity index (χ2v) is 4.38. The van der Waals surface area contributed by atoms with E-state index in [2.05, 4.69) is 19.2 Å². The van der Waals surface area contributed by atoms with Gasteiger partial charge >= 0.3 is 0 Å². The summed E-state index contributed by atoms with van der Waals surface area (Å²) in [6, 6.07) is 0.597. The van der Waals surface area contributed by atoms with Crippen LogP contribution in [-0.4, -0.2) is 25.8 Å². The lowest BCUT2D eigenvalue weighted by atomic mass is 9.86. The standard InChI is InChI=1S/C11H23NO/c1-9(2)12-8-10-6-4-5-7-11(10)13-3/h9-12H,4-8H2,1-3H3. The molecule has 13 heavy (non-hydrogen) atoms. The quantitative estimate of drug-likeness (QED) is 0.725. The summed E-state index contributed by atoms with van der Waals surface area (Å²) in [4.78, 5) is 0. The van der Waals surface area contributed by atoms with Gasteiger partial charge in [-0.3, -0.25) is 0 Å². The third-order valence-corrected chi connectivity index (χ3v) is 2.93. The molecule has 2 atom stereocenters. The molecular weight excluding hydrogens is 162 g/mol. The van der Waals surface area contributed by atoms with Gasteiger partial charge in [-0.1, -0.05) is 26.7 Å². The van der Waals surface area contributed by atoms with Crippen molar-refractivity contribution in [1.82, 2.24) is 5.32 Å². The predicted molar refractivity (Wildman–Crippen MR) is 55.9 cm³/mol. The Kier molecular flexibility index (Phi) is 4.74. The first-order chi connectivity index (χ1) is 6.24. The van der Waals surface area contributed by atoms with Gasteiger partial charge in [0.25, 0.3) is 0 Å². The zero-order valence-corrected chi connectivity index (χ0v) is 9.18. The number of nitrogens with one attached hydrogen (secondary N) is 1. The van der Waals surface area contributed by atoms with Crippen LogP contribution < -0.4 is 5.32 Å². The number of hydrogen-bond acceptors (Lipinski definition) is 2. The van der Waals surface area contributed by atoms with Gasteiger partial charge < -0.3 is 10.1 Å². The van der Waals surface area contributed by atoms with E-state index in [4.69, 9.17) is 4.74 Å². The van der Waals surface area contributed by atoms with Crippen molar-refractivity contribution in [3.05, 3.63) is 0 Å². The van der Waals surface area contributed by atoms with Gasteiger partial charge in [0, 0.05) is 19.7 Å². The van der Waals surface area contributed by atoms with Crippen molar-refractivity contribution >= 4 is 0 Å². The Labute approximate surface area is 82.0 Å². The number of rotatable bonds is 4. The van der Waals surface area contributed by atoms with Crippen molar-refractivity contribution in [2.45, 2.75) is 51.7 Å². The molecule has 2 unspecified atom stereocenters. The summed E-state index contributed by atoms with van der Waals surface area (Å²) >= 11 is 0. The lowest BCUT2D eigenvalue weighted by Crippen LogP contribution is -2.37. The molecule has 1 rings (SSSR count). The minimum absolute atomic E-state index is 0.500. The molecule has 0 heterocycles. The molecule has 2 heteroatoms. The lowest BCUT2D eigenvalue weighted by molar-refractivity contribution is 0.0233. The highest BCUT2D eigenvalue weighted by Crippen LogP contribution is 2.25. The molecule has 1 saturated carbocycles. The number of hydrogen-bond donors (Lipinski definition) is 1. The Morgan fingerprint density at radius 2 is 2.00 bits per heavy atom. The maximum Gasteiger partial charge on any atom is 0.0611 e. The highest BCUT2D eigenvalue weighted by molar-refractivity contribution is 4.77. The topological polar surface area (TPSA) is 21.3 Å². The van der Waals surface area contributed by atoms with E-state index in [0.29, 0.717) is 12.1 Å². The van der Waals surface area contributed by atoms with E-state index in [1.54, 1.807) is 0 Å². The molecule has 2 nitrogen and oxygen atoms in total. The van der Waals surface area contributed by atoms with Crippen molar-refractivity contribution in [2.24, 2.45) is 5.92 Å². The van der Waals surface area contributed by atoms with Gasteiger partial charge in [0.15, 0.2) is 0 Å². The lowest BCUT2D eigenvalue weighted by Gasteiger charge is -2.31. The first-order valence-electron chi connectivity index (χ1n) is 5.50. The average molecular weight is 185 g/mol. The van der Waals surface area contributed by atoms with Gasteiger partial charge in [0.2, 0.25) is 0 Å². The summed E-state index contributed by atoms with van der Waals surface area (Å²) in [5, 5.41) is 3.50. The van der Waals surface area contributed by atoms with Gasteiger partial charge in [-0.25, -0.2) is 0 Å². The molecule has 0 aromatic carbocycles. The Morgan fingerprint density at radius 3 is 2.62 bits per heavy atom. The monoisotopic (exact) mass is 185 g/mol. The molecule has 78 valence electrons. The van der Waals surface area contributed by atoms with E-state index in [1.165, 1.54) is 25.7 Å². The minimum atomic E-state index is 0.500. The molecule has 0 bridgehead atoms. The van der Waals surface area contributed by atoms with Crippen LogP contribution in [0.1, 0.15) is 39.5 Å². The van der Waals surface area contributed by atoms with Gasteiger partial charge in [-0.05, 0) is 18.8 Å². The molecule has 0 aliphatic heterocycles. The van der Waals surface area contributed by atoms with E-state index in [0.717, 1.165) is 12.5 Å². The molecule has 0 aromatic rings. The van der Waals surface area contributed by atoms with Crippen LogP contribution in [0.15, 0.2) is 0 Å². The summed E-state index contributed by atoms with van der Waals surface area (Å²) in [5.74, 6) is 0.737. The van der Waals surface area contributed by atoms with E-state index in [1.807, 2.05) is 7.11 Å². The highest BCUT2D eigenvalue weighted by Gasteiger charge is 2.24. The van der Waals surface area contributed by atoms with Crippen molar-refractivity contribution < 1.29 is 4.74 Å². The molecule has 1 aliphatic rings. The van der Waals surface area contributed by atoms with Crippen molar-refractivity contribution in [3.8, 4) is 0 Å². The van der Waals surface area contributed by atoms with Gasteiger partial charge in [0.05, 0.1) is 6.10 Å². The fraction of sp³-hybridized carbons (Fsp3) is 1.00. The second kappa shape index (κ2) is 5.61. The molecule has 1 fully saturated rings. The molecule has 0 amide bonds. The molecule has 0 radical (unpaired) electrons. The van der Waals surface area contributed by atoms with Gasteiger partial charge in [-0.15, -0.1) is 0 Å². The summed E-state index contributed by atoms with van der Waals surface area (Å²) in [6.07, 6.45) is 5.81. The summed E-state index contributed by atoms with van der Waals surface area (Å²) in [7, 11) is 1.85. The number of ether oxygens (including phenoxy) is 1. The van der Waals surface area contributed by atoms with E-state index >= 15 is 0 Å². The van der Waals surface area contributed by atoms with Crippen LogP contribution in [0.2, 0.25) is 0 Å². The highest BCUT2D eigenvalue weighted by atomic mass is 16.5. The first kappa shape index (κ1) is 11.0. The van der Waals surface area contributed by atoms with Crippen LogP contribution in [0.4, 0.5) is 0 Å². The fourth-order valence-corrected chi connectivity index (χ4v) is 2.10. The predicted octanol–water partition coefficient (Wildman–Crippen LogP) is 2.19.